The van der Waals surface area contributed by atoms with Crippen LogP contribution in [0.3, 0.4) is 0 Å². The number of sulfonamides is 1. The van der Waals surface area contributed by atoms with Gasteiger partial charge in [-0.25, -0.2) is 13.2 Å². The minimum atomic E-state index is -3.46. The maximum Gasteiger partial charge on any atom is 0.343 e. The van der Waals surface area contributed by atoms with Crippen molar-refractivity contribution in [3.63, 3.8) is 0 Å². The average molecular weight is 336 g/mol. The van der Waals surface area contributed by atoms with Gasteiger partial charge < -0.3 is 4.74 Å². The highest BCUT2D eigenvalue weighted by atomic mass is 32.2. The van der Waals surface area contributed by atoms with Crippen molar-refractivity contribution in [3.8, 4) is 5.75 Å². The van der Waals surface area contributed by atoms with Gasteiger partial charge >= 0.3 is 5.97 Å². The van der Waals surface area contributed by atoms with Crippen molar-refractivity contribution in [2.75, 3.05) is 11.0 Å². The third kappa shape index (κ3) is 4.78. The van der Waals surface area contributed by atoms with Gasteiger partial charge in [0.05, 0.1) is 16.7 Å². The highest BCUT2D eigenvalue weighted by molar-refractivity contribution is 7.92. The number of carbonyl (C=O) groups excluding carboxylic acids is 1. The Morgan fingerprint density at radius 1 is 1.17 bits per heavy atom. The molecular formula is C14H12N2O6S. The second kappa shape index (κ2) is 6.44. The summed E-state index contributed by atoms with van der Waals surface area (Å²) in [6, 6.07) is 10.8. The summed E-state index contributed by atoms with van der Waals surface area (Å²) < 4.78 is 29.7. The Bertz CT molecular complexity index is 846. The number of nitrogens with zero attached hydrogens (tertiary/aromatic N) is 1. The number of hydrogen-bond donors (Lipinski definition) is 1. The monoisotopic (exact) mass is 336 g/mol. The molecule has 1 N–H and O–H groups in total. The first-order chi connectivity index (χ1) is 10.7. The van der Waals surface area contributed by atoms with E-state index in [1.807, 2.05) is 0 Å². The highest BCUT2D eigenvalue weighted by Gasteiger charge is 2.12. The Morgan fingerprint density at radius 2 is 1.83 bits per heavy atom. The molecule has 120 valence electrons. The average Bonchev–Trinajstić information content (AvgIpc) is 2.46. The van der Waals surface area contributed by atoms with E-state index in [4.69, 9.17) is 4.74 Å². The number of nitro groups is 1. The van der Waals surface area contributed by atoms with Gasteiger partial charge in [0.2, 0.25) is 10.0 Å². The van der Waals surface area contributed by atoms with E-state index in [1.165, 1.54) is 48.5 Å². The standard InChI is InChI=1S/C14H12N2O6S/c1-23(20,21)15-11-4-2-3-10(9-11)14(17)22-13-7-5-12(6-8-13)16(18)19/h2-9,15H,1H3. The molecule has 0 unspecified atom stereocenters. The molecule has 0 fully saturated rings. The summed E-state index contributed by atoms with van der Waals surface area (Å²) in [6.07, 6.45) is 0.995. The molecule has 0 heterocycles. The van der Waals surface area contributed by atoms with Gasteiger partial charge in [-0.05, 0) is 30.3 Å². The molecule has 0 aromatic heterocycles. The van der Waals surface area contributed by atoms with Crippen molar-refractivity contribution in [1.82, 2.24) is 0 Å². The fraction of sp³-hybridized carbons (Fsp3) is 0.0714. The van der Waals surface area contributed by atoms with Crippen LogP contribution >= 0.6 is 0 Å². The lowest BCUT2D eigenvalue weighted by Crippen LogP contribution is -2.12. The third-order valence-corrected chi connectivity index (χ3v) is 3.27. The van der Waals surface area contributed by atoms with E-state index in [-0.39, 0.29) is 22.7 Å². The van der Waals surface area contributed by atoms with E-state index in [9.17, 15) is 23.3 Å². The minimum Gasteiger partial charge on any atom is -0.423 e. The summed E-state index contributed by atoms with van der Waals surface area (Å²) in [7, 11) is -3.46. The van der Waals surface area contributed by atoms with Gasteiger partial charge in [-0.2, -0.15) is 0 Å². The lowest BCUT2D eigenvalue weighted by Gasteiger charge is -2.07. The number of hydrogen-bond acceptors (Lipinski definition) is 6. The largest absolute Gasteiger partial charge is 0.423 e. The maximum absolute atomic E-state index is 12.0. The van der Waals surface area contributed by atoms with Crippen LogP contribution in [0.5, 0.6) is 5.75 Å². The molecule has 0 bridgehead atoms. The molecule has 2 aromatic carbocycles. The first-order valence-corrected chi connectivity index (χ1v) is 8.18. The van der Waals surface area contributed by atoms with Gasteiger partial charge in [-0.1, -0.05) is 6.07 Å². The zero-order valence-electron chi connectivity index (χ0n) is 11.9. The maximum atomic E-state index is 12.0. The van der Waals surface area contributed by atoms with Crippen LogP contribution in [0, 0.1) is 10.1 Å². The van der Waals surface area contributed by atoms with Crippen LogP contribution in [0.4, 0.5) is 11.4 Å². The fourth-order valence-corrected chi connectivity index (χ4v) is 2.28. The van der Waals surface area contributed by atoms with E-state index in [0.29, 0.717) is 0 Å². The number of benzene rings is 2. The molecule has 0 saturated carbocycles. The molecule has 0 radical (unpaired) electrons. The number of nitrogens with one attached hydrogen (secondary N) is 1. The Hall–Kier alpha value is -2.94. The first kappa shape index (κ1) is 16.4. The first-order valence-electron chi connectivity index (χ1n) is 6.29. The molecule has 2 aromatic rings. The van der Waals surface area contributed by atoms with Gasteiger partial charge in [0.15, 0.2) is 0 Å². The van der Waals surface area contributed by atoms with Crippen molar-refractivity contribution in [2.45, 2.75) is 0 Å². The minimum absolute atomic E-state index is 0.121. The van der Waals surface area contributed by atoms with Crippen molar-refractivity contribution in [3.05, 3.63) is 64.2 Å². The quantitative estimate of drug-likeness (QED) is 0.387. The number of esters is 1. The van der Waals surface area contributed by atoms with E-state index >= 15 is 0 Å². The number of nitro benzene ring substituents is 1. The summed E-state index contributed by atoms with van der Waals surface area (Å²) in [4.78, 5) is 22.0. The summed E-state index contributed by atoms with van der Waals surface area (Å²) >= 11 is 0. The Balaban J connectivity index is 2.14. The third-order valence-electron chi connectivity index (χ3n) is 2.66. The van der Waals surface area contributed by atoms with Gasteiger partial charge in [0.1, 0.15) is 5.75 Å². The van der Waals surface area contributed by atoms with Crippen LogP contribution in [0.1, 0.15) is 10.4 Å². The SMILES string of the molecule is CS(=O)(=O)Nc1cccc(C(=O)Oc2ccc([N+](=O)[O-])cc2)c1. The lowest BCUT2D eigenvalue weighted by atomic mass is 10.2. The smallest absolute Gasteiger partial charge is 0.343 e. The Labute approximate surface area is 131 Å². The van der Waals surface area contributed by atoms with Crippen molar-refractivity contribution >= 4 is 27.4 Å². The highest BCUT2D eigenvalue weighted by Crippen LogP contribution is 2.19. The molecule has 23 heavy (non-hydrogen) atoms. The predicted molar refractivity (Wildman–Crippen MR) is 83.0 cm³/mol. The fourth-order valence-electron chi connectivity index (χ4n) is 1.73. The van der Waals surface area contributed by atoms with Crippen LogP contribution in [0.25, 0.3) is 0 Å². The number of anilines is 1. The normalized spacial score (nSPS) is 10.8. The van der Waals surface area contributed by atoms with Crippen LogP contribution in [-0.2, 0) is 10.0 Å². The lowest BCUT2D eigenvalue weighted by molar-refractivity contribution is -0.384. The molecule has 0 aliphatic rings. The molecule has 2 rings (SSSR count). The zero-order valence-corrected chi connectivity index (χ0v) is 12.7. The summed E-state index contributed by atoms with van der Waals surface area (Å²) in [5.41, 5.74) is 0.242. The molecule has 0 aliphatic carbocycles. The molecule has 0 atom stereocenters. The molecule has 9 heteroatoms. The molecule has 0 amide bonds. The molecule has 0 saturated heterocycles. The van der Waals surface area contributed by atoms with Crippen LogP contribution < -0.4 is 9.46 Å². The summed E-state index contributed by atoms with van der Waals surface area (Å²) in [5.74, 6) is -0.571. The number of non-ortho nitro benzene ring substituents is 1. The van der Waals surface area contributed by atoms with Gasteiger partial charge in [-0.15, -0.1) is 0 Å². The number of ether oxygens (including phenoxy) is 1. The Morgan fingerprint density at radius 3 is 2.39 bits per heavy atom. The Kier molecular flexibility index (Phi) is 4.60. The summed E-state index contributed by atoms with van der Waals surface area (Å²) in [6.45, 7) is 0. The van der Waals surface area contributed by atoms with Crippen molar-refractivity contribution in [1.29, 1.82) is 0 Å². The van der Waals surface area contributed by atoms with Gasteiger partial charge in [0.25, 0.3) is 5.69 Å². The molecule has 0 spiro atoms. The van der Waals surface area contributed by atoms with Crippen LogP contribution in [0.15, 0.2) is 48.5 Å². The molecule has 0 aliphatic heterocycles. The number of carbonyl (C=O) groups is 1. The van der Waals surface area contributed by atoms with E-state index < -0.39 is 20.9 Å². The predicted octanol–water partition coefficient (Wildman–Crippen LogP) is 2.19. The van der Waals surface area contributed by atoms with Gasteiger partial charge in [-0.3, -0.25) is 14.8 Å². The topological polar surface area (TPSA) is 116 Å². The van der Waals surface area contributed by atoms with Crippen LogP contribution in [-0.4, -0.2) is 25.6 Å². The van der Waals surface area contributed by atoms with Crippen molar-refractivity contribution in [2.24, 2.45) is 0 Å². The second-order valence-electron chi connectivity index (χ2n) is 4.60. The van der Waals surface area contributed by atoms with E-state index in [2.05, 4.69) is 4.72 Å². The van der Waals surface area contributed by atoms with E-state index in [0.717, 1.165) is 6.26 Å². The van der Waals surface area contributed by atoms with E-state index in [1.54, 1.807) is 0 Å². The van der Waals surface area contributed by atoms with Crippen LogP contribution in [0.2, 0.25) is 0 Å². The zero-order chi connectivity index (χ0) is 17.0. The summed E-state index contributed by atoms with van der Waals surface area (Å²) in [5, 5.41) is 10.5. The molecule has 8 nitrogen and oxygen atoms in total. The number of rotatable bonds is 5. The second-order valence-corrected chi connectivity index (χ2v) is 6.34. The molecular weight excluding hydrogens is 324 g/mol. The van der Waals surface area contributed by atoms with Crippen molar-refractivity contribution < 1.29 is 22.9 Å². The van der Waals surface area contributed by atoms with Gasteiger partial charge in [0, 0.05) is 17.8 Å².